The highest BCUT2D eigenvalue weighted by molar-refractivity contribution is 5.49. The Kier molecular flexibility index (Phi) is 14.9. The Morgan fingerprint density at radius 3 is 2.13 bits per heavy atom. The lowest BCUT2D eigenvalue weighted by Crippen LogP contribution is -1.96. The number of aliphatic hydroxyl groups is 2. The fraction of sp³-hybridized carbons (Fsp3) is 0.750. The number of hydrogen-bond donors (Lipinski definition) is 2. The highest BCUT2D eigenvalue weighted by Crippen LogP contribution is 2.10. The highest BCUT2D eigenvalue weighted by Gasteiger charge is 1.98. The summed E-state index contributed by atoms with van der Waals surface area (Å²) in [6.45, 7) is 6.40. The van der Waals surface area contributed by atoms with Crippen molar-refractivity contribution in [2.75, 3.05) is 13.2 Å². The molecule has 1 unspecified atom stereocenters. The average molecular weight is 216 g/mol. The molecule has 0 saturated heterocycles. The Morgan fingerprint density at radius 1 is 1.27 bits per heavy atom. The van der Waals surface area contributed by atoms with Gasteiger partial charge in [-0.1, -0.05) is 18.6 Å². The zero-order chi connectivity index (χ0) is 12.1. The molecule has 0 rings (SSSR count). The van der Waals surface area contributed by atoms with Crippen molar-refractivity contribution in [2.24, 2.45) is 5.92 Å². The van der Waals surface area contributed by atoms with Crippen molar-refractivity contribution in [1.29, 1.82) is 0 Å². The van der Waals surface area contributed by atoms with Crippen molar-refractivity contribution in [3.8, 4) is 0 Å². The summed E-state index contributed by atoms with van der Waals surface area (Å²) in [6.07, 6.45) is 5.99. The molecular formula is C12H24O3. The van der Waals surface area contributed by atoms with E-state index in [1.165, 1.54) is 12.0 Å². The summed E-state index contributed by atoms with van der Waals surface area (Å²) in [6, 6.07) is 0. The normalized spacial score (nSPS) is 11.0. The van der Waals surface area contributed by atoms with Crippen LogP contribution in [0.4, 0.5) is 0 Å². The predicted molar refractivity (Wildman–Crippen MR) is 62.7 cm³/mol. The largest absolute Gasteiger partial charge is 0.396 e. The minimum absolute atomic E-state index is 0.329. The number of carbonyl (C=O) groups is 1. The molecule has 15 heavy (non-hydrogen) atoms. The number of hydrogen-bond acceptors (Lipinski definition) is 3. The molecule has 0 fully saturated rings. The van der Waals surface area contributed by atoms with Gasteiger partial charge >= 0.3 is 0 Å². The summed E-state index contributed by atoms with van der Waals surface area (Å²) in [5, 5.41) is 16.1. The summed E-state index contributed by atoms with van der Waals surface area (Å²) >= 11 is 0. The molecule has 3 heteroatoms. The summed E-state index contributed by atoms with van der Waals surface area (Å²) < 4.78 is 0. The van der Waals surface area contributed by atoms with Crippen LogP contribution in [0.3, 0.4) is 0 Å². The van der Waals surface area contributed by atoms with Gasteiger partial charge in [0.2, 0.25) is 0 Å². The molecule has 0 bridgehead atoms. The SMILES string of the molecule is CC(C)=CCCC(C)CCO.O=CCO. The van der Waals surface area contributed by atoms with Crippen molar-refractivity contribution < 1.29 is 15.0 Å². The molecule has 0 saturated carbocycles. The zero-order valence-corrected chi connectivity index (χ0v) is 10.1. The van der Waals surface area contributed by atoms with E-state index in [1.807, 2.05) is 0 Å². The second kappa shape index (κ2) is 13.3. The van der Waals surface area contributed by atoms with Gasteiger partial charge in [0.15, 0.2) is 0 Å². The molecule has 2 N–H and O–H groups in total. The second-order valence-corrected chi connectivity index (χ2v) is 3.83. The van der Waals surface area contributed by atoms with E-state index in [-0.39, 0.29) is 6.61 Å². The Labute approximate surface area is 92.8 Å². The lowest BCUT2D eigenvalue weighted by molar-refractivity contribution is -0.110. The smallest absolute Gasteiger partial charge is 0.145 e. The Morgan fingerprint density at radius 2 is 1.80 bits per heavy atom. The van der Waals surface area contributed by atoms with E-state index in [4.69, 9.17) is 15.0 Å². The molecule has 0 aromatic heterocycles. The molecular weight excluding hydrogens is 192 g/mol. The van der Waals surface area contributed by atoms with Crippen LogP contribution in [-0.4, -0.2) is 29.7 Å². The molecule has 1 atom stereocenters. The van der Waals surface area contributed by atoms with E-state index in [0.29, 0.717) is 18.8 Å². The maximum atomic E-state index is 8.92. The van der Waals surface area contributed by atoms with Crippen LogP contribution in [0.25, 0.3) is 0 Å². The van der Waals surface area contributed by atoms with Gasteiger partial charge in [0.05, 0.1) is 6.61 Å². The van der Waals surface area contributed by atoms with E-state index < -0.39 is 0 Å². The first kappa shape index (κ1) is 16.7. The predicted octanol–water partition coefficient (Wildman–Crippen LogP) is 1.93. The highest BCUT2D eigenvalue weighted by atomic mass is 16.3. The van der Waals surface area contributed by atoms with Gasteiger partial charge in [-0.25, -0.2) is 0 Å². The average Bonchev–Trinajstić information content (AvgIpc) is 2.18. The van der Waals surface area contributed by atoms with Gasteiger partial charge in [0.1, 0.15) is 6.29 Å². The third-order valence-electron chi connectivity index (χ3n) is 1.91. The van der Waals surface area contributed by atoms with E-state index >= 15 is 0 Å². The van der Waals surface area contributed by atoms with E-state index in [9.17, 15) is 0 Å². The number of carbonyl (C=O) groups excluding carboxylic acids is 1. The van der Waals surface area contributed by atoms with E-state index in [0.717, 1.165) is 12.8 Å². The van der Waals surface area contributed by atoms with Gasteiger partial charge in [-0.3, -0.25) is 0 Å². The van der Waals surface area contributed by atoms with Crippen LogP contribution in [0, 0.1) is 5.92 Å². The molecule has 90 valence electrons. The minimum Gasteiger partial charge on any atom is -0.396 e. The second-order valence-electron chi connectivity index (χ2n) is 3.83. The molecule has 3 nitrogen and oxygen atoms in total. The fourth-order valence-electron chi connectivity index (χ4n) is 1.02. The standard InChI is InChI=1S/C10H20O.C2H4O2/c1-9(2)5-4-6-10(3)7-8-11;3-1-2-4/h5,10-11H,4,6-8H2,1-3H3;1,4H,2H2. The summed E-state index contributed by atoms with van der Waals surface area (Å²) in [4.78, 5) is 8.92. The molecule has 0 aliphatic rings. The lowest BCUT2D eigenvalue weighted by atomic mass is 10.0. The first-order valence-electron chi connectivity index (χ1n) is 5.37. The number of allylic oxidation sites excluding steroid dienone is 2. The van der Waals surface area contributed by atoms with Crippen LogP contribution < -0.4 is 0 Å². The van der Waals surface area contributed by atoms with Gasteiger partial charge in [-0.15, -0.1) is 0 Å². The number of aliphatic hydroxyl groups excluding tert-OH is 2. The fourth-order valence-corrected chi connectivity index (χ4v) is 1.02. The van der Waals surface area contributed by atoms with Gasteiger partial charge in [0.25, 0.3) is 0 Å². The first-order chi connectivity index (χ1) is 7.08. The lowest BCUT2D eigenvalue weighted by Gasteiger charge is -2.06. The van der Waals surface area contributed by atoms with Crippen LogP contribution in [0.15, 0.2) is 11.6 Å². The maximum Gasteiger partial charge on any atom is 0.145 e. The molecule has 0 aromatic rings. The Balaban J connectivity index is 0. The zero-order valence-electron chi connectivity index (χ0n) is 10.1. The molecule has 0 aliphatic carbocycles. The summed E-state index contributed by atoms with van der Waals surface area (Å²) in [5.41, 5.74) is 1.39. The third-order valence-corrected chi connectivity index (χ3v) is 1.91. The van der Waals surface area contributed by atoms with Crippen molar-refractivity contribution >= 4 is 6.29 Å². The number of rotatable bonds is 6. The topological polar surface area (TPSA) is 57.5 Å². The van der Waals surface area contributed by atoms with Crippen molar-refractivity contribution in [1.82, 2.24) is 0 Å². The van der Waals surface area contributed by atoms with Gasteiger partial charge in [-0.2, -0.15) is 0 Å². The molecule has 0 aromatic carbocycles. The van der Waals surface area contributed by atoms with Gasteiger partial charge in [-0.05, 0) is 39.0 Å². The summed E-state index contributed by atoms with van der Waals surface area (Å²) in [7, 11) is 0. The number of aldehydes is 1. The molecule has 0 amide bonds. The molecule has 0 aliphatic heterocycles. The van der Waals surface area contributed by atoms with Crippen molar-refractivity contribution in [2.45, 2.75) is 40.0 Å². The monoisotopic (exact) mass is 216 g/mol. The van der Waals surface area contributed by atoms with Crippen molar-refractivity contribution in [3.05, 3.63) is 11.6 Å². The van der Waals surface area contributed by atoms with Crippen molar-refractivity contribution in [3.63, 3.8) is 0 Å². The van der Waals surface area contributed by atoms with Crippen LogP contribution >= 0.6 is 0 Å². The first-order valence-corrected chi connectivity index (χ1v) is 5.37. The van der Waals surface area contributed by atoms with Gasteiger partial charge < -0.3 is 15.0 Å². The Bertz CT molecular complexity index is 160. The summed E-state index contributed by atoms with van der Waals surface area (Å²) in [5.74, 6) is 0.663. The van der Waals surface area contributed by atoms with Gasteiger partial charge in [0, 0.05) is 6.61 Å². The Hall–Kier alpha value is -0.670. The van der Waals surface area contributed by atoms with Crippen LogP contribution in [-0.2, 0) is 4.79 Å². The van der Waals surface area contributed by atoms with Crippen LogP contribution in [0.2, 0.25) is 0 Å². The van der Waals surface area contributed by atoms with E-state index in [1.54, 1.807) is 0 Å². The minimum atomic E-state index is -0.361. The van der Waals surface area contributed by atoms with Crippen LogP contribution in [0.5, 0.6) is 0 Å². The maximum absolute atomic E-state index is 8.92. The quantitative estimate of drug-likeness (QED) is 0.527. The molecule has 0 radical (unpaired) electrons. The molecule has 0 spiro atoms. The molecule has 0 heterocycles. The third kappa shape index (κ3) is 19.7. The van der Waals surface area contributed by atoms with E-state index in [2.05, 4.69) is 26.8 Å². The van der Waals surface area contributed by atoms with Crippen LogP contribution in [0.1, 0.15) is 40.0 Å².